The summed E-state index contributed by atoms with van der Waals surface area (Å²) in [5, 5.41) is 0.451. The Labute approximate surface area is 163 Å². The molecule has 1 aliphatic rings. The second-order valence-electron chi connectivity index (χ2n) is 6.86. The van der Waals surface area contributed by atoms with E-state index >= 15 is 0 Å². The summed E-state index contributed by atoms with van der Waals surface area (Å²) < 4.78 is 21.8. The van der Waals surface area contributed by atoms with Crippen molar-refractivity contribution in [3.05, 3.63) is 64.7 Å². The molecule has 0 amide bonds. The number of ether oxygens (including phenoxy) is 1. The van der Waals surface area contributed by atoms with Crippen LogP contribution in [0.2, 0.25) is 5.02 Å². The van der Waals surface area contributed by atoms with E-state index in [-0.39, 0.29) is 5.82 Å². The van der Waals surface area contributed by atoms with Crippen LogP contribution in [0.5, 0.6) is 0 Å². The Morgan fingerprint density at radius 2 is 1.89 bits per heavy atom. The highest BCUT2D eigenvalue weighted by atomic mass is 35.5. The first-order valence-electron chi connectivity index (χ1n) is 9.39. The standard InChI is InChI=1S/C21H23ClFN3O/c22-17-5-3-6-18(23)16(17)15-26-20-8-2-1-7-19(20)24-21(26)9-4-10-25-11-13-27-14-12-25/h1-3,5-8H,4,9-15H2. The van der Waals surface area contributed by atoms with Crippen molar-refractivity contribution in [1.82, 2.24) is 14.5 Å². The molecule has 0 spiro atoms. The van der Waals surface area contributed by atoms with Crippen molar-refractivity contribution < 1.29 is 9.13 Å². The number of aromatic nitrogens is 2. The first-order valence-corrected chi connectivity index (χ1v) is 9.77. The average molecular weight is 388 g/mol. The van der Waals surface area contributed by atoms with Gasteiger partial charge in [0.1, 0.15) is 11.6 Å². The maximum absolute atomic E-state index is 14.3. The molecule has 0 atom stereocenters. The van der Waals surface area contributed by atoms with Gasteiger partial charge in [-0.2, -0.15) is 0 Å². The first-order chi connectivity index (χ1) is 13.2. The van der Waals surface area contributed by atoms with E-state index in [4.69, 9.17) is 21.3 Å². The molecule has 0 unspecified atom stereocenters. The Hall–Kier alpha value is -1.95. The summed E-state index contributed by atoms with van der Waals surface area (Å²) in [5.41, 5.74) is 2.46. The molecule has 4 nitrogen and oxygen atoms in total. The minimum atomic E-state index is -0.278. The molecular formula is C21H23ClFN3O. The number of halogens is 2. The lowest BCUT2D eigenvalue weighted by Gasteiger charge is -2.26. The monoisotopic (exact) mass is 387 g/mol. The minimum absolute atomic E-state index is 0.278. The van der Waals surface area contributed by atoms with Gasteiger partial charge in [0, 0.05) is 30.1 Å². The summed E-state index contributed by atoms with van der Waals surface area (Å²) in [5.74, 6) is 0.698. The van der Waals surface area contributed by atoms with Gasteiger partial charge in [0.15, 0.2) is 0 Å². The van der Waals surface area contributed by atoms with Crippen molar-refractivity contribution >= 4 is 22.6 Å². The van der Waals surface area contributed by atoms with E-state index in [1.54, 1.807) is 12.1 Å². The van der Waals surface area contributed by atoms with E-state index < -0.39 is 0 Å². The third-order valence-electron chi connectivity index (χ3n) is 5.09. The molecule has 0 aliphatic carbocycles. The number of imidazole rings is 1. The maximum Gasteiger partial charge on any atom is 0.129 e. The van der Waals surface area contributed by atoms with E-state index in [2.05, 4.69) is 9.47 Å². The van der Waals surface area contributed by atoms with Crippen LogP contribution in [0.3, 0.4) is 0 Å². The van der Waals surface area contributed by atoms with Gasteiger partial charge in [0.2, 0.25) is 0 Å². The number of hydrogen-bond donors (Lipinski definition) is 0. The number of rotatable bonds is 6. The average Bonchev–Trinajstić information content (AvgIpc) is 3.03. The second-order valence-corrected chi connectivity index (χ2v) is 7.27. The van der Waals surface area contributed by atoms with Crippen LogP contribution < -0.4 is 0 Å². The van der Waals surface area contributed by atoms with E-state index in [0.717, 1.165) is 62.5 Å². The maximum atomic E-state index is 14.3. The van der Waals surface area contributed by atoms with Crippen LogP contribution in [0.15, 0.2) is 42.5 Å². The predicted molar refractivity (Wildman–Crippen MR) is 106 cm³/mol. The van der Waals surface area contributed by atoms with E-state index in [1.165, 1.54) is 6.07 Å². The fourth-order valence-electron chi connectivity index (χ4n) is 3.62. The SMILES string of the molecule is Fc1cccc(Cl)c1Cn1c(CCCN2CCOCC2)nc2ccccc21. The van der Waals surface area contributed by atoms with E-state index in [0.29, 0.717) is 17.1 Å². The molecule has 142 valence electrons. The summed E-state index contributed by atoms with van der Waals surface area (Å²) in [6, 6.07) is 12.8. The first kappa shape index (κ1) is 18.4. The van der Waals surface area contributed by atoms with Crippen molar-refractivity contribution in [3.8, 4) is 0 Å². The molecule has 6 heteroatoms. The molecule has 1 saturated heterocycles. The van der Waals surface area contributed by atoms with Crippen LogP contribution in [0.25, 0.3) is 11.0 Å². The quantitative estimate of drug-likeness (QED) is 0.636. The van der Waals surface area contributed by atoms with Gasteiger partial charge < -0.3 is 9.30 Å². The van der Waals surface area contributed by atoms with Gasteiger partial charge in [-0.15, -0.1) is 0 Å². The molecule has 0 N–H and O–H groups in total. The van der Waals surface area contributed by atoms with Crippen LogP contribution in [0, 0.1) is 5.82 Å². The summed E-state index contributed by atoms with van der Waals surface area (Å²) in [4.78, 5) is 7.23. The van der Waals surface area contributed by atoms with Crippen LogP contribution in [0.1, 0.15) is 17.8 Å². The molecule has 0 saturated carbocycles. The third-order valence-corrected chi connectivity index (χ3v) is 5.44. The molecule has 1 aromatic heterocycles. The van der Waals surface area contributed by atoms with E-state index in [1.807, 2.05) is 24.3 Å². The van der Waals surface area contributed by atoms with Crippen LogP contribution >= 0.6 is 11.6 Å². The lowest BCUT2D eigenvalue weighted by Crippen LogP contribution is -2.37. The predicted octanol–water partition coefficient (Wildman–Crippen LogP) is 4.14. The summed E-state index contributed by atoms with van der Waals surface area (Å²) >= 11 is 6.26. The number of hydrogen-bond acceptors (Lipinski definition) is 3. The number of morpholine rings is 1. The Kier molecular flexibility index (Phi) is 5.72. The van der Waals surface area contributed by atoms with Gasteiger partial charge >= 0.3 is 0 Å². The molecule has 1 fully saturated rings. The van der Waals surface area contributed by atoms with Crippen LogP contribution in [0.4, 0.5) is 4.39 Å². The molecule has 2 aromatic carbocycles. The van der Waals surface area contributed by atoms with Gasteiger partial charge in [0.05, 0.1) is 30.8 Å². The Morgan fingerprint density at radius 1 is 1.07 bits per heavy atom. The topological polar surface area (TPSA) is 30.3 Å². The van der Waals surface area contributed by atoms with Crippen molar-refractivity contribution in [2.75, 3.05) is 32.8 Å². The molecule has 2 heterocycles. The number of nitrogens with zero attached hydrogens (tertiary/aromatic N) is 3. The fraction of sp³-hybridized carbons (Fsp3) is 0.381. The molecular weight excluding hydrogens is 365 g/mol. The van der Waals surface area contributed by atoms with Gasteiger partial charge in [-0.1, -0.05) is 29.8 Å². The lowest BCUT2D eigenvalue weighted by atomic mass is 10.2. The molecule has 1 aliphatic heterocycles. The Balaban J connectivity index is 1.57. The summed E-state index contributed by atoms with van der Waals surface area (Å²) in [6.07, 6.45) is 1.85. The molecule has 4 rings (SSSR count). The summed E-state index contributed by atoms with van der Waals surface area (Å²) in [7, 11) is 0. The number of aryl methyl sites for hydroxylation is 1. The van der Waals surface area contributed by atoms with Gasteiger partial charge in [-0.3, -0.25) is 4.90 Å². The number of fused-ring (bicyclic) bond motifs is 1. The van der Waals surface area contributed by atoms with Crippen molar-refractivity contribution in [3.63, 3.8) is 0 Å². The second kappa shape index (κ2) is 8.38. The summed E-state index contributed by atoms with van der Waals surface area (Å²) in [6.45, 7) is 5.00. The smallest absolute Gasteiger partial charge is 0.129 e. The van der Waals surface area contributed by atoms with Crippen LogP contribution in [-0.2, 0) is 17.7 Å². The Bertz CT molecular complexity index is 901. The van der Waals surface area contributed by atoms with Gasteiger partial charge in [-0.25, -0.2) is 9.37 Å². The van der Waals surface area contributed by atoms with Gasteiger partial charge in [-0.05, 0) is 37.2 Å². The van der Waals surface area contributed by atoms with Crippen molar-refractivity contribution in [1.29, 1.82) is 0 Å². The zero-order valence-electron chi connectivity index (χ0n) is 15.2. The van der Waals surface area contributed by atoms with E-state index in [9.17, 15) is 4.39 Å². The minimum Gasteiger partial charge on any atom is -0.379 e. The highest BCUT2D eigenvalue weighted by Crippen LogP contribution is 2.24. The highest BCUT2D eigenvalue weighted by molar-refractivity contribution is 6.31. The zero-order valence-corrected chi connectivity index (χ0v) is 16.0. The van der Waals surface area contributed by atoms with Crippen molar-refractivity contribution in [2.45, 2.75) is 19.4 Å². The highest BCUT2D eigenvalue weighted by Gasteiger charge is 2.16. The fourth-order valence-corrected chi connectivity index (χ4v) is 3.84. The van der Waals surface area contributed by atoms with Crippen molar-refractivity contribution in [2.24, 2.45) is 0 Å². The Morgan fingerprint density at radius 3 is 2.70 bits per heavy atom. The number of para-hydroxylation sites is 2. The normalized spacial score (nSPS) is 15.5. The largest absolute Gasteiger partial charge is 0.379 e. The lowest BCUT2D eigenvalue weighted by molar-refractivity contribution is 0.0374. The third kappa shape index (κ3) is 4.15. The molecule has 0 bridgehead atoms. The zero-order chi connectivity index (χ0) is 18.6. The van der Waals surface area contributed by atoms with Crippen LogP contribution in [-0.4, -0.2) is 47.3 Å². The molecule has 27 heavy (non-hydrogen) atoms. The molecule has 0 radical (unpaired) electrons. The molecule has 3 aromatic rings. The number of benzene rings is 2. The van der Waals surface area contributed by atoms with Gasteiger partial charge in [0.25, 0.3) is 0 Å².